The molecule has 0 spiro atoms. The van der Waals surface area contributed by atoms with Gasteiger partial charge in [-0.25, -0.2) is 23.7 Å². The van der Waals surface area contributed by atoms with Crippen LogP contribution in [0.25, 0.3) is 22.7 Å². The third-order valence-electron chi connectivity index (χ3n) is 6.92. The topological polar surface area (TPSA) is 78.0 Å². The average molecular weight is 453 g/mol. The molecule has 9 heteroatoms. The van der Waals surface area contributed by atoms with Gasteiger partial charge in [-0.2, -0.15) is 0 Å². The maximum Gasteiger partial charge on any atom is 0.267 e. The van der Waals surface area contributed by atoms with Gasteiger partial charge in [-0.15, -0.1) is 0 Å². The molecule has 0 aromatic carbocycles. The van der Waals surface area contributed by atoms with E-state index in [1.807, 2.05) is 24.3 Å². The fraction of sp³-hybridized carbons (Fsp3) is 0.500. The minimum Gasteiger partial charge on any atom is -0.356 e. The van der Waals surface area contributed by atoms with Crippen molar-refractivity contribution in [2.45, 2.75) is 43.9 Å². The number of carbonyl (C=O) groups excluding carboxylic acids is 1. The summed E-state index contributed by atoms with van der Waals surface area (Å²) in [7, 11) is 0. The zero-order valence-electron chi connectivity index (χ0n) is 18.3. The van der Waals surface area contributed by atoms with Crippen molar-refractivity contribution in [3.05, 3.63) is 36.0 Å². The van der Waals surface area contributed by atoms with E-state index in [2.05, 4.69) is 20.9 Å². The fourth-order valence-electron chi connectivity index (χ4n) is 4.94. The van der Waals surface area contributed by atoms with Crippen molar-refractivity contribution in [1.29, 1.82) is 0 Å². The lowest BCUT2D eigenvalue weighted by molar-refractivity contribution is -0.136. The van der Waals surface area contributed by atoms with Crippen molar-refractivity contribution in [3.63, 3.8) is 0 Å². The smallest absolute Gasteiger partial charge is 0.267 e. The van der Waals surface area contributed by atoms with Gasteiger partial charge in [0.2, 0.25) is 5.91 Å². The Hall–Kier alpha value is -3.10. The molecule has 5 heterocycles. The van der Waals surface area contributed by atoms with E-state index in [1.165, 1.54) is 17.7 Å². The number of aromatic nitrogens is 4. The summed E-state index contributed by atoms with van der Waals surface area (Å²) >= 11 is 0. The van der Waals surface area contributed by atoms with Gasteiger partial charge >= 0.3 is 0 Å². The summed E-state index contributed by atoms with van der Waals surface area (Å²) in [5.74, 6) is -1.19. The van der Waals surface area contributed by atoms with Crippen LogP contribution in [0.3, 0.4) is 0 Å². The molecule has 0 bridgehead atoms. The Morgan fingerprint density at radius 1 is 1.06 bits per heavy atom. The molecule has 6 rings (SSSR count). The van der Waals surface area contributed by atoms with E-state index in [-0.39, 0.29) is 24.8 Å². The molecule has 1 saturated carbocycles. The van der Waals surface area contributed by atoms with Crippen molar-refractivity contribution in [3.8, 4) is 11.5 Å². The first-order valence-electron chi connectivity index (χ1n) is 11.7. The average Bonchev–Trinajstić information content (AvgIpc) is 3.49. The lowest BCUT2D eigenvalue weighted by Crippen LogP contribution is -2.45. The van der Waals surface area contributed by atoms with Crippen molar-refractivity contribution < 1.29 is 13.6 Å². The molecule has 3 fully saturated rings. The van der Waals surface area contributed by atoms with Crippen molar-refractivity contribution in [2.24, 2.45) is 5.92 Å². The molecule has 1 unspecified atom stereocenters. The number of rotatable bonds is 4. The molecule has 3 aromatic heterocycles. The molecule has 2 aliphatic heterocycles. The normalized spacial score (nSPS) is 22.8. The number of nitrogens with zero attached hydrogens (tertiary/aromatic N) is 5. The van der Waals surface area contributed by atoms with Gasteiger partial charge in [-0.05, 0) is 49.9 Å². The summed E-state index contributed by atoms with van der Waals surface area (Å²) < 4.78 is 27.1. The van der Waals surface area contributed by atoms with E-state index in [0.29, 0.717) is 23.9 Å². The van der Waals surface area contributed by atoms with E-state index < -0.39 is 12.5 Å². The molecular weight excluding hydrogens is 426 g/mol. The highest BCUT2D eigenvalue weighted by Crippen LogP contribution is 2.39. The van der Waals surface area contributed by atoms with Crippen LogP contribution in [0, 0.1) is 5.92 Å². The van der Waals surface area contributed by atoms with Gasteiger partial charge in [-0.3, -0.25) is 4.79 Å². The number of amides is 1. The summed E-state index contributed by atoms with van der Waals surface area (Å²) in [6, 6.07) is 9.91. The Bertz CT molecular complexity index is 1210. The van der Waals surface area contributed by atoms with Crippen molar-refractivity contribution in [1.82, 2.24) is 24.8 Å². The number of pyridine rings is 2. The number of H-pyrrole nitrogens is 1. The number of hydrogen-bond donors (Lipinski definition) is 1. The van der Waals surface area contributed by atoms with Crippen molar-refractivity contribution in [2.75, 3.05) is 31.1 Å². The maximum atomic E-state index is 13.6. The molecule has 1 aliphatic carbocycles. The lowest BCUT2D eigenvalue weighted by atomic mass is 9.96. The second kappa shape index (κ2) is 7.74. The van der Waals surface area contributed by atoms with E-state index in [0.717, 1.165) is 42.1 Å². The molecule has 1 N–H and O–H groups in total. The Morgan fingerprint density at radius 2 is 1.94 bits per heavy atom. The summed E-state index contributed by atoms with van der Waals surface area (Å²) in [5, 5.41) is 0. The van der Waals surface area contributed by atoms with Crippen LogP contribution in [0.2, 0.25) is 0 Å². The predicted molar refractivity (Wildman–Crippen MR) is 120 cm³/mol. The van der Waals surface area contributed by atoms with Crippen LogP contribution in [-0.2, 0) is 4.79 Å². The number of anilines is 1. The standard InChI is InChI=1S/C24H26F2N6O/c25-24(26)10-12-32(14-24)23(33)16-3-2-11-31(13-16)20-9-8-19-22(29-20)30-21(28-19)18-5-1-4-17(27-18)15-6-7-15/h1,4-5,8-9,15-16H,2-3,6-7,10-14H2,(H,28,29,30). The number of aromatic amines is 1. The Kier molecular flexibility index (Phi) is 4.81. The third-order valence-corrected chi connectivity index (χ3v) is 6.92. The molecule has 172 valence electrons. The van der Waals surface area contributed by atoms with Gasteiger partial charge in [-0.1, -0.05) is 6.07 Å². The van der Waals surface area contributed by atoms with Crippen LogP contribution in [0.1, 0.15) is 43.7 Å². The molecule has 7 nitrogen and oxygen atoms in total. The number of likely N-dealkylation sites (tertiary alicyclic amines) is 1. The molecule has 1 atom stereocenters. The van der Waals surface area contributed by atoms with Crippen LogP contribution in [-0.4, -0.2) is 62.8 Å². The highest BCUT2D eigenvalue weighted by Gasteiger charge is 2.42. The van der Waals surface area contributed by atoms with Gasteiger partial charge in [0.25, 0.3) is 5.92 Å². The summed E-state index contributed by atoms with van der Waals surface area (Å²) in [6.07, 6.45) is 3.69. The van der Waals surface area contributed by atoms with Gasteiger partial charge in [0.1, 0.15) is 11.5 Å². The second-order valence-corrected chi connectivity index (χ2v) is 9.50. The quantitative estimate of drug-likeness (QED) is 0.648. The van der Waals surface area contributed by atoms with E-state index >= 15 is 0 Å². The largest absolute Gasteiger partial charge is 0.356 e. The maximum absolute atomic E-state index is 13.6. The molecule has 33 heavy (non-hydrogen) atoms. The number of carbonyl (C=O) groups is 1. The summed E-state index contributed by atoms with van der Waals surface area (Å²) in [5.41, 5.74) is 3.36. The predicted octanol–water partition coefficient (Wildman–Crippen LogP) is 3.98. The SMILES string of the molecule is O=C(C1CCCN(c2ccc3[nH]c(-c4cccc(C5CC5)n4)nc3n2)C1)N1CCC(F)(F)C1. The van der Waals surface area contributed by atoms with Crippen LogP contribution >= 0.6 is 0 Å². The highest BCUT2D eigenvalue weighted by molar-refractivity contribution is 5.81. The van der Waals surface area contributed by atoms with Gasteiger partial charge < -0.3 is 14.8 Å². The number of nitrogens with one attached hydrogen (secondary N) is 1. The Labute approximate surface area is 190 Å². The van der Waals surface area contributed by atoms with Gasteiger partial charge in [0.15, 0.2) is 11.5 Å². The highest BCUT2D eigenvalue weighted by atomic mass is 19.3. The lowest BCUT2D eigenvalue weighted by Gasteiger charge is -2.34. The van der Waals surface area contributed by atoms with Crippen LogP contribution in [0.4, 0.5) is 14.6 Å². The fourth-order valence-corrected chi connectivity index (χ4v) is 4.94. The zero-order chi connectivity index (χ0) is 22.6. The molecule has 0 radical (unpaired) electrons. The Balaban J connectivity index is 1.20. The number of alkyl halides is 2. The molecule has 3 aliphatic rings. The molecule has 2 saturated heterocycles. The number of halogens is 2. The van der Waals surface area contributed by atoms with Gasteiger partial charge in [0.05, 0.1) is 18.0 Å². The van der Waals surface area contributed by atoms with E-state index in [1.54, 1.807) is 0 Å². The van der Waals surface area contributed by atoms with Crippen molar-refractivity contribution >= 4 is 22.9 Å². The first-order chi connectivity index (χ1) is 15.9. The first kappa shape index (κ1) is 20.5. The molecule has 1 amide bonds. The Morgan fingerprint density at radius 3 is 2.73 bits per heavy atom. The van der Waals surface area contributed by atoms with E-state index in [4.69, 9.17) is 9.97 Å². The molecule has 3 aromatic rings. The minimum atomic E-state index is -2.76. The van der Waals surface area contributed by atoms with E-state index in [9.17, 15) is 13.6 Å². The second-order valence-electron chi connectivity index (χ2n) is 9.50. The molecular formula is C24H26F2N6O. The summed E-state index contributed by atoms with van der Waals surface area (Å²) in [4.78, 5) is 33.7. The minimum absolute atomic E-state index is 0.137. The van der Waals surface area contributed by atoms with Gasteiger partial charge in [0, 0.05) is 37.7 Å². The first-order valence-corrected chi connectivity index (χ1v) is 11.7. The number of imidazole rings is 1. The van der Waals surface area contributed by atoms with Crippen LogP contribution in [0.5, 0.6) is 0 Å². The van der Waals surface area contributed by atoms with Crippen LogP contribution < -0.4 is 4.90 Å². The number of piperidine rings is 1. The third kappa shape index (κ3) is 4.05. The van der Waals surface area contributed by atoms with Crippen LogP contribution in [0.15, 0.2) is 30.3 Å². The number of fused-ring (bicyclic) bond motifs is 1. The monoisotopic (exact) mass is 452 g/mol. The zero-order valence-corrected chi connectivity index (χ0v) is 18.3. The summed E-state index contributed by atoms with van der Waals surface area (Å²) in [6.45, 7) is 0.944. The number of hydrogen-bond acceptors (Lipinski definition) is 5.